The van der Waals surface area contributed by atoms with Crippen LogP contribution in [0.3, 0.4) is 0 Å². The largest absolute Gasteiger partial charge is 0.372 e. The van der Waals surface area contributed by atoms with Crippen molar-refractivity contribution in [2.45, 2.75) is 27.2 Å². The van der Waals surface area contributed by atoms with Crippen LogP contribution in [0, 0.1) is 6.92 Å². The van der Waals surface area contributed by atoms with Gasteiger partial charge in [-0.15, -0.1) is 5.10 Å². The maximum Gasteiger partial charge on any atom is 0.232 e. The molecule has 0 aliphatic heterocycles. The number of tetrazole rings is 1. The van der Waals surface area contributed by atoms with E-state index in [1.54, 1.807) is 7.05 Å². The van der Waals surface area contributed by atoms with Gasteiger partial charge in [0.05, 0.1) is 6.42 Å². The average molecular weight is 302 g/mol. The van der Waals surface area contributed by atoms with Crippen molar-refractivity contribution in [1.82, 2.24) is 20.2 Å². The third-order valence-corrected chi connectivity index (χ3v) is 3.64. The molecule has 7 heteroatoms. The highest BCUT2D eigenvalue weighted by molar-refractivity contribution is 5.92. The molecule has 1 aromatic carbocycles. The SMILES string of the molecule is CCN(CC)c1ccc(NC(=O)Cc2nnnn2C)c(C)c1. The van der Waals surface area contributed by atoms with Crippen molar-refractivity contribution in [2.75, 3.05) is 23.3 Å². The first kappa shape index (κ1) is 15.9. The van der Waals surface area contributed by atoms with Gasteiger partial charge in [0, 0.05) is 31.5 Å². The topological polar surface area (TPSA) is 75.9 Å². The van der Waals surface area contributed by atoms with E-state index < -0.39 is 0 Å². The van der Waals surface area contributed by atoms with Crippen molar-refractivity contribution in [3.63, 3.8) is 0 Å². The molecule has 118 valence electrons. The summed E-state index contributed by atoms with van der Waals surface area (Å²) in [5, 5.41) is 14.0. The van der Waals surface area contributed by atoms with Gasteiger partial charge >= 0.3 is 0 Å². The zero-order valence-electron chi connectivity index (χ0n) is 13.5. The molecule has 1 amide bonds. The molecule has 0 aliphatic carbocycles. The number of hydrogen-bond acceptors (Lipinski definition) is 5. The first-order valence-electron chi connectivity index (χ1n) is 7.41. The molecular formula is C15H22N6O. The molecule has 1 aromatic heterocycles. The summed E-state index contributed by atoms with van der Waals surface area (Å²) in [6.07, 6.45) is 0.154. The van der Waals surface area contributed by atoms with E-state index in [1.807, 2.05) is 19.1 Å². The first-order valence-corrected chi connectivity index (χ1v) is 7.41. The van der Waals surface area contributed by atoms with Crippen molar-refractivity contribution < 1.29 is 4.79 Å². The zero-order valence-corrected chi connectivity index (χ0v) is 13.5. The summed E-state index contributed by atoms with van der Waals surface area (Å²) in [5.74, 6) is 0.409. The highest BCUT2D eigenvalue weighted by atomic mass is 16.1. The van der Waals surface area contributed by atoms with Gasteiger partial charge in [-0.3, -0.25) is 4.79 Å². The second-order valence-corrected chi connectivity index (χ2v) is 5.12. The Morgan fingerprint density at radius 2 is 2.05 bits per heavy atom. The fraction of sp³-hybridized carbons (Fsp3) is 0.467. The van der Waals surface area contributed by atoms with Gasteiger partial charge < -0.3 is 10.2 Å². The lowest BCUT2D eigenvalue weighted by Crippen LogP contribution is -2.22. The Bertz CT molecular complexity index is 647. The maximum atomic E-state index is 12.1. The van der Waals surface area contributed by atoms with Gasteiger partial charge in [-0.1, -0.05) is 0 Å². The number of carbonyl (C=O) groups is 1. The second kappa shape index (κ2) is 7.02. The van der Waals surface area contributed by atoms with Crippen molar-refractivity contribution >= 4 is 17.3 Å². The number of aryl methyl sites for hydroxylation is 2. The van der Waals surface area contributed by atoms with E-state index in [4.69, 9.17) is 0 Å². The third-order valence-electron chi connectivity index (χ3n) is 3.64. The predicted molar refractivity (Wildman–Crippen MR) is 85.9 cm³/mol. The molecule has 0 aliphatic rings. The Hall–Kier alpha value is -2.44. The number of amides is 1. The lowest BCUT2D eigenvalue weighted by atomic mass is 10.1. The van der Waals surface area contributed by atoms with E-state index in [0.29, 0.717) is 5.82 Å². The van der Waals surface area contributed by atoms with Crippen LogP contribution in [0.1, 0.15) is 25.2 Å². The standard InChI is InChI=1S/C15H22N6O/c1-5-21(6-2)12-7-8-13(11(3)9-12)16-15(22)10-14-17-18-19-20(14)4/h7-9H,5-6,10H2,1-4H3,(H,16,22). The molecule has 22 heavy (non-hydrogen) atoms. The minimum absolute atomic E-state index is 0.128. The molecule has 1 N–H and O–H groups in total. The Kier molecular flexibility index (Phi) is 5.08. The minimum Gasteiger partial charge on any atom is -0.372 e. The predicted octanol–water partition coefficient (Wildman–Crippen LogP) is 1.55. The third kappa shape index (κ3) is 3.60. The van der Waals surface area contributed by atoms with Gasteiger partial charge in [0.25, 0.3) is 0 Å². The molecule has 0 atom stereocenters. The molecule has 0 unspecified atom stereocenters. The Morgan fingerprint density at radius 1 is 1.32 bits per heavy atom. The smallest absolute Gasteiger partial charge is 0.232 e. The summed E-state index contributed by atoms with van der Waals surface area (Å²) in [6.45, 7) is 8.17. The number of nitrogens with one attached hydrogen (secondary N) is 1. The number of aromatic nitrogens is 4. The molecule has 1 heterocycles. The summed E-state index contributed by atoms with van der Waals surface area (Å²) < 4.78 is 1.50. The van der Waals surface area contributed by atoms with Gasteiger partial charge in [0.15, 0.2) is 5.82 Å². The van der Waals surface area contributed by atoms with Crippen molar-refractivity contribution in [1.29, 1.82) is 0 Å². The van der Waals surface area contributed by atoms with Crippen LogP contribution >= 0.6 is 0 Å². The lowest BCUT2D eigenvalue weighted by molar-refractivity contribution is -0.115. The first-order chi connectivity index (χ1) is 10.5. The summed E-state index contributed by atoms with van der Waals surface area (Å²) in [4.78, 5) is 14.4. The van der Waals surface area contributed by atoms with E-state index in [2.05, 4.69) is 45.7 Å². The highest BCUT2D eigenvalue weighted by Gasteiger charge is 2.11. The second-order valence-electron chi connectivity index (χ2n) is 5.12. The Balaban J connectivity index is 2.07. The summed E-state index contributed by atoms with van der Waals surface area (Å²) >= 11 is 0. The summed E-state index contributed by atoms with van der Waals surface area (Å²) in [6, 6.07) is 6.06. The lowest BCUT2D eigenvalue weighted by Gasteiger charge is -2.22. The molecule has 0 fully saturated rings. The van der Waals surface area contributed by atoms with Crippen LogP contribution in [0.15, 0.2) is 18.2 Å². The number of anilines is 2. The molecule has 0 saturated carbocycles. The fourth-order valence-corrected chi connectivity index (χ4v) is 2.31. The van der Waals surface area contributed by atoms with E-state index in [1.165, 1.54) is 4.68 Å². The summed E-state index contributed by atoms with van der Waals surface area (Å²) in [7, 11) is 1.72. The monoisotopic (exact) mass is 302 g/mol. The fourth-order valence-electron chi connectivity index (χ4n) is 2.31. The number of benzene rings is 1. The van der Waals surface area contributed by atoms with E-state index in [-0.39, 0.29) is 12.3 Å². The molecule has 7 nitrogen and oxygen atoms in total. The van der Waals surface area contributed by atoms with Crippen LogP contribution in [0.2, 0.25) is 0 Å². The van der Waals surface area contributed by atoms with Gasteiger partial charge in [-0.05, 0) is 55.0 Å². The number of hydrogen-bond donors (Lipinski definition) is 1. The van der Waals surface area contributed by atoms with Crippen molar-refractivity contribution in [3.05, 3.63) is 29.6 Å². The number of carbonyl (C=O) groups excluding carboxylic acids is 1. The van der Waals surface area contributed by atoms with E-state index >= 15 is 0 Å². The maximum absolute atomic E-state index is 12.1. The van der Waals surface area contributed by atoms with Crippen LogP contribution < -0.4 is 10.2 Å². The van der Waals surface area contributed by atoms with E-state index in [9.17, 15) is 4.79 Å². The summed E-state index contributed by atoms with van der Waals surface area (Å²) in [5.41, 5.74) is 3.02. The van der Waals surface area contributed by atoms with E-state index in [0.717, 1.165) is 30.0 Å². The molecule has 2 rings (SSSR count). The Labute approximate surface area is 130 Å². The molecular weight excluding hydrogens is 280 g/mol. The van der Waals surface area contributed by atoms with Crippen LogP contribution in [0.5, 0.6) is 0 Å². The highest BCUT2D eigenvalue weighted by Crippen LogP contribution is 2.22. The number of rotatable bonds is 6. The van der Waals surface area contributed by atoms with Crippen molar-refractivity contribution in [2.24, 2.45) is 7.05 Å². The van der Waals surface area contributed by atoms with Crippen LogP contribution in [-0.2, 0) is 18.3 Å². The van der Waals surface area contributed by atoms with Crippen LogP contribution in [0.25, 0.3) is 0 Å². The normalized spacial score (nSPS) is 10.5. The van der Waals surface area contributed by atoms with Gasteiger partial charge in [0.1, 0.15) is 0 Å². The van der Waals surface area contributed by atoms with Gasteiger partial charge in [0.2, 0.25) is 5.91 Å². The molecule has 0 bridgehead atoms. The number of nitrogens with zero attached hydrogens (tertiary/aromatic N) is 5. The molecule has 0 radical (unpaired) electrons. The minimum atomic E-state index is -0.128. The average Bonchev–Trinajstić information content (AvgIpc) is 2.88. The zero-order chi connectivity index (χ0) is 16.1. The van der Waals surface area contributed by atoms with Gasteiger partial charge in [-0.25, -0.2) is 4.68 Å². The van der Waals surface area contributed by atoms with Crippen LogP contribution in [0.4, 0.5) is 11.4 Å². The molecule has 0 spiro atoms. The van der Waals surface area contributed by atoms with Gasteiger partial charge in [-0.2, -0.15) is 0 Å². The quantitative estimate of drug-likeness (QED) is 0.876. The molecule has 0 saturated heterocycles. The van der Waals surface area contributed by atoms with Crippen molar-refractivity contribution in [3.8, 4) is 0 Å². The Morgan fingerprint density at radius 3 is 2.59 bits per heavy atom. The molecule has 2 aromatic rings. The van der Waals surface area contributed by atoms with Crippen LogP contribution in [-0.4, -0.2) is 39.2 Å².